The van der Waals surface area contributed by atoms with Gasteiger partial charge < -0.3 is 15.5 Å². The highest BCUT2D eigenvalue weighted by Crippen LogP contribution is 2.60. The summed E-state index contributed by atoms with van der Waals surface area (Å²) in [6.45, 7) is 5.84. The quantitative estimate of drug-likeness (QED) is 0.405. The van der Waals surface area contributed by atoms with Gasteiger partial charge in [0.2, 0.25) is 0 Å². The van der Waals surface area contributed by atoms with Crippen molar-refractivity contribution >= 4 is 29.9 Å². The summed E-state index contributed by atoms with van der Waals surface area (Å²) in [6, 6.07) is 0. The van der Waals surface area contributed by atoms with Crippen molar-refractivity contribution < 1.29 is 0 Å². The number of nitrogens with one attached hydrogen (secondary N) is 2. The van der Waals surface area contributed by atoms with Crippen LogP contribution < -0.4 is 10.6 Å². The van der Waals surface area contributed by atoms with E-state index in [2.05, 4.69) is 20.5 Å². The molecule has 1 saturated heterocycles. The van der Waals surface area contributed by atoms with Gasteiger partial charge in [-0.15, -0.1) is 24.0 Å². The molecule has 4 nitrogen and oxygen atoms in total. The lowest BCUT2D eigenvalue weighted by Crippen LogP contribution is -2.44. The first-order chi connectivity index (χ1) is 9.82. The van der Waals surface area contributed by atoms with E-state index >= 15 is 0 Å². The molecule has 1 aliphatic heterocycles. The highest BCUT2D eigenvalue weighted by Gasteiger charge is 2.53. The Kier molecular flexibility index (Phi) is 6.59. The summed E-state index contributed by atoms with van der Waals surface area (Å²) in [5.74, 6) is 2.01. The van der Waals surface area contributed by atoms with Crippen LogP contribution in [0.2, 0.25) is 0 Å². The molecule has 0 atom stereocenters. The summed E-state index contributed by atoms with van der Waals surface area (Å²) in [5, 5.41) is 7.03. The second-order valence-corrected chi connectivity index (χ2v) is 6.89. The molecule has 3 aliphatic rings. The molecule has 3 fully saturated rings. The van der Waals surface area contributed by atoms with Gasteiger partial charge in [0.1, 0.15) is 0 Å². The molecule has 2 aliphatic carbocycles. The van der Waals surface area contributed by atoms with E-state index < -0.39 is 0 Å². The van der Waals surface area contributed by atoms with Crippen molar-refractivity contribution in [1.82, 2.24) is 15.5 Å². The number of halogens is 1. The van der Waals surface area contributed by atoms with E-state index in [9.17, 15) is 0 Å². The molecule has 0 unspecified atom stereocenters. The highest BCUT2D eigenvalue weighted by atomic mass is 127. The average Bonchev–Trinajstić information content (AvgIpc) is 3.37. The van der Waals surface area contributed by atoms with E-state index in [1.54, 1.807) is 0 Å². The van der Waals surface area contributed by atoms with E-state index in [1.807, 2.05) is 7.05 Å². The lowest BCUT2D eigenvalue weighted by atomic mass is 10.0. The fraction of sp³-hybridized carbons (Fsp3) is 0.938. The van der Waals surface area contributed by atoms with Gasteiger partial charge in [0, 0.05) is 26.7 Å². The summed E-state index contributed by atoms with van der Waals surface area (Å²) < 4.78 is 0. The Morgan fingerprint density at radius 2 is 1.86 bits per heavy atom. The number of piperidine rings is 1. The number of likely N-dealkylation sites (tertiary alicyclic amines) is 1. The molecule has 3 rings (SSSR count). The largest absolute Gasteiger partial charge is 0.356 e. The topological polar surface area (TPSA) is 39.7 Å². The number of guanidine groups is 1. The molecule has 0 aromatic heterocycles. The van der Waals surface area contributed by atoms with E-state index in [1.165, 1.54) is 58.0 Å². The van der Waals surface area contributed by atoms with Crippen LogP contribution in [0.3, 0.4) is 0 Å². The molecule has 0 spiro atoms. The van der Waals surface area contributed by atoms with Crippen LogP contribution in [0.1, 0.15) is 44.9 Å². The average molecular weight is 406 g/mol. The fourth-order valence-electron chi connectivity index (χ4n) is 3.58. The van der Waals surface area contributed by atoms with Gasteiger partial charge in [-0.05, 0) is 62.9 Å². The van der Waals surface area contributed by atoms with Gasteiger partial charge in [0.25, 0.3) is 0 Å². The second kappa shape index (κ2) is 7.99. The Hall–Kier alpha value is -0.0400. The summed E-state index contributed by atoms with van der Waals surface area (Å²) in [4.78, 5) is 6.92. The second-order valence-electron chi connectivity index (χ2n) is 6.89. The van der Waals surface area contributed by atoms with Crippen LogP contribution in [0, 0.1) is 11.3 Å². The molecular weight excluding hydrogens is 375 g/mol. The Morgan fingerprint density at radius 1 is 1.14 bits per heavy atom. The summed E-state index contributed by atoms with van der Waals surface area (Å²) in [5.41, 5.74) is 0.643. The number of nitrogens with zero attached hydrogens (tertiary/aromatic N) is 2. The molecule has 0 radical (unpaired) electrons. The number of rotatable bonds is 6. The van der Waals surface area contributed by atoms with Gasteiger partial charge in [-0.1, -0.05) is 6.42 Å². The molecule has 122 valence electrons. The zero-order chi connectivity index (χ0) is 13.8. The SMILES string of the molecule is CN=C(NCCN1CCCCC1)NCC1(C2CC2)CC1.I. The molecule has 0 aromatic carbocycles. The molecule has 5 heteroatoms. The van der Waals surface area contributed by atoms with Crippen molar-refractivity contribution in [2.24, 2.45) is 16.3 Å². The summed E-state index contributed by atoms with van der Waals surface area (Å²) >= 11 is 0. The Labute approximate surface area is 146 Å². The summed E-state index contributed by atoms with van der Waals surface area (Å²) in [6.07, 6.45) is 9.93. The zero-order valence-electron chi connectivity index (χ0n) is 13.4. The first-order valence-corrected chi connectivity index (χ1v) is 8.49. The van der Waals surface area contributed by atoms with Crippen LogP contribution in [0.5, 0.6) is 0 Å². The smallest absolute Gasteiger partial charge is 0.191 e. The van der Waals surface area contributed by atoms with Crippen molar-refractivity contribution in [3.05, 3.63) is 0 Å². The Balaban J connectivity index is 0.00000161. The molecule has 21 heavy (non-hydrogen) atoms. The molecule has 2 saturated carbocycles. The van der Waals surface area contributed by atoms with E-state index in [4.69, 9.17) is 0 Å². The van der Waals surface area contributed by atoms with E-state index in [0.29, 0.717) is 5.41 Å². The van der Waals surface area contributed by atoms with Crippen LogP contribution in [0.4, 0.5) is 0 Å². The first kappa shape index (κ1) is 17.3. The van der Waals surface area contributed by atoms with Gasteiger partial charge >= 0.3 is 0 Å². The van der Waals surface area contributed by atoms with Crippen LogP contribution in [-0.2, 0) is 0 Å². The van der Waals surface area contributed by atoms with Gasteiger partial charge in [0.05, 0.1) is 0 Å². The maximum Gasteiger partial charge on any atom is 0.191 e. The lowest BCUT2D eigenvalue weighted by Gasteiger charge is -2.26. The van der Waals surface area contributed by atoms with E-state index in [-0.39, 0.29) is 24.0 Å². The minimum Gasteiger partial charge on any atom is -0.356 e. The van der Waals surface area contributed by atoms with Gasteiger partial charge in [-0.2, -0.15) is 0 Å². The Morgan fingerprint density at radius 3 is 2.43 bits per heavy atom. The molecule has 0 amide bonds. The van der Waals surface area contributed by atoms with Gasteiger partial charge in [-0.25, -0.2) is 0 Å². The van der Waals surface area contributed by atoms with Crippen molar-refractivity contribution in [1.29, 1.82) is 0 Å². The van der Waals surface area contributed by atoms with Crippen LogP contribution in [0.25, 0.3) is 0 Å². The maximum absolute atomic E-state index is 4.36. The minimum absolute atomic E-state index is 0. The fourth-order valence-corrected chi connectivity index (χ4v) is 3.58. The monoisotopic (exact) mass is 406 g/mol. The Bertz CT molecular complexity index is 344. The van der Waals surface area contributed by atoms with Crippen molar-refractivity contribution in [3.8, 4) is 0 Å². The highest BCUT2D eigenvalue weighted by molar-refractivity contribution is 14.0. The third kappa shape index (κ3) is 4.98. The third-order valence-corrected chi connectivity index (χ3v) is 5.34. The first-order valence-electron chi connectivity index (χ1n) is 8.49. The van der Waals surface area contributed by atoms with Gasteiger partial charge in [0.15, 0.2) is 5.96 Å². The van der Waals surface area contributed by atoms with Crippen LogP contribution in [0.15, 0.2) is 4.99 Å². The van der Waals surface area contributed by atoms with Crippen molar-refractivity contribution in [2.45, 2.75) is 44.9 Å². The summed E-state index contributed by atoms with van der Waals surface area (Å²) in [7, 11) is 1.88. The van der Waals surface area contributed by atoms with E-state index in [0.717, 1.165) is 31.5 Å². The maximum atomic E-state index is 4.36. The molecule has 1 heterocycles. The van der Waals surface area contributed by atoms with Gasteiger partial charge in [-0.3, -0.25) is 4.99 Å². The number of hydrogen-bond acceptors (Lipinski definition) is 2. The normalized spacial score (nSPS) is 25.1. The molecule has 0 aromatic rings. The molecular formula is C16H31IN4. The van der Waals surface area contributed by atoms with Crippen molar-refractivity contribution in [3.63, 3.8) is 0 Å². The van der Waals surface area contributed by atoms with Crippen LogP contribution >= 0.6 is 24.0 Å². The van der Waals surface area contributed by atoms with Crippen molar-refractivity contribution in [2.75, 3.05) is 39.8 Å². The molecule has 0 bridgehead atoms. The van der Waals surface area contributed by atoms with Crippen LogP contribution in [-0.4, -0.2) is 50.6 Å². The predicted octanol–water partition coefficient (Wildman–Crippen LogP) is 2.45. The molecule has 2 N–H and O–H groups in total. The number of aliphatic imine (C=N–C) groups is 1. The number of hydrogen-bond donors (Lipinski definition) is 2. The standard InChI is InChI=1S/C16H30N4.HI/c1-17-15(18-9-12-20-10-3-2-4-11-20)19-13-16(7-8-16)14-5-6-14;/h14H,2-13H2,1H3,(H2,17,18,19);1H. The zero-order valence-corrected chi connectivity index (χ0v) is 15.7. The third-order valence-electron chi connectivity index (χ3n) is 5.34. The minimum atomic E-state index is 0. The lowest BCUT2D eigenvalue weighted by molar-refractivity contribution is 0.232. The predicted molar refractivity (Wildman–Crippen MR) is 99.5 cm³/mol.